The number of carbonyl (C=O) groups is 5. The highest BCUT2D eigenvalue weighted by Gasteiger charge is 2.67. The second kappa shape index (κ2) is 50.6. The zero-order chi connectivity index (χ0) is 106. The minimum absolute atomic E-state index is 0.867. The van der Waals surface area contributed by atoms with Gasteiger partial charge in [-0.05, 0) is 0 Å². The first-order valence-corrected chi connectivity index (χ1v) is 45.0. The minimum Gasteiger partial charge on any atom is -0.477 e. The number of hydrogen-bond acceptors (Lipinski definition) is 60. The molecule has 0 spiro atoms. The minimum atomic E-state index is -3.73. The zero-order valence-electron chi connectivity index (χ0n) is 75.7. The molecule has 0 aromatic rings. The fraction of sp³-hybridized carbons (Fsp3) is 0.936. The molecule has 11 heterocycles. The predicted molar refractivity (Wildman–Crippen MR) is 432 cm³/mol. The van der Waals surface area contributed by atoms with Crippen LogP contribution in [0.15, 0.2) is 0 Å². The molecule has 11 aliphatic rings. The molecule has 143 heavy (non-hydrogen) atoms. The van der Waals surface area contributed by atoms with Crippen LogP contribution in [-0.2, 0) is 123 Å². The molecular weight excluding hydrogens is 1970 g/mol. The lowest BCUT2D eigenvalue weighted by Crippen LogP contribution is -2.71. The predicted octanol–water partition coefficient (Wildman–Crippen LogP) is -26.1. The maximum Gasteiger partial charge on any atom is 0.364 e. The average molecular weight is 2100 g/mol. The lowest BCUT2D eigenvalue weighted by Gasteiger charge is -2.53. The zero-order valence-corrected chi connectivity index (χ0v) is 75.7. The van der Waals surface area contributed by atoms with Gasteiger partial charge in [-0.3, -0.25) is 14.4 Å². The molecule has 0 saturated carbocycles. The Morgan fingerprint density at radius 1 is 0.280 bits per heavy atom. The van der Waals surface area contributed by atoms with Crippen molar-refractivity contribution in [3.05, 3.63) is 0 Å². The number of carbonyl (C=O) groups excluding carboxylic acids is 3. The number of aliphatic hydroxyl groups is 34. The van der Waals surface area contributed by atoms with E-state index in [9.17, 15) is 208 Å². The molecule has 0 aliphatic carbocycles. The number of ether oxygens (including phenoxy) is 21. The lowest BCUT2D eigenvalue weighted by atomic mass is 9.89. The Bertz CT molecular complexity index is 4010. The number of carboxylic acid groups (broad SMARTS) is 2. The maximum atomic E-state index is 13.5. The summed E-state index contributed by atoms with van der Waals surface area (Å²) in [6.07, 6.45) is -125. The normalized spacial score (nSPS) is 48.3. The van der Waals surface area contributed by atoms with E-state index in [-0.39, 0.29) is 0 Å². The molecule has 39 N–H and O–H groups in total. The summed E-state index contributed by atoms with van der Waals surface area (Å²) in [7, 11) is 0. The van der Waals surface area contributed by atoms with Gasteiger partial charge in [-0.1, -0.05) is 0 Å². The monoisotopic (exact) mass is 2100 g/mol. The first kappa shape index (κ1) is 118. The fourth-order valence-electron chi connectivity index (χ4n) is 18.5. The molecule has 65 heteroatoms. The average Bonchev–Trinajstić information content (AvgIpc) is 0.726. The molecule has 57 atom stereocenters. The highest BCUT2D eigenvalue weighted by atomic mass is 16.8. The van der Waals surface area contributed by atoms with Crippen molar-refractivity contribution in [3.8, 4) is 0 Å². The molecule has 0 bridgehead atoms. The summed E-state index contributed by atoms with van der Waals surface area (Å²) < 4.78 is 124. The van der Waals surface area contributed by atoms with Crippen molar-refractivity contribution in [2.24, 2.45) is 0 Å². The molecule has 11 rings (SSSR count). The van der Waals surface area contributed by atoms with Crippen LogP contribution in [0.3, 0.4) is 0 Å². The Kier molecular flexibility index (Phi) is 41.9. The number of aliphatic hydroxyl groups excluding tert-OH is 33. The van der Waals surface area contributed by atoms with E-state index in [0.29, 0.717) is 0 Å². The van der Waals surface area contributed by atoms with Gasteiger partial charge < -0.3 is 299 Å². The smallest absolute Gasteiger partial charge is 0.364 e. The van der Waals surface area contributed by atoms with Gasteiger partial charge in [-0.25, -0.2) is 9.59 Å². The van der Waals surface area contributed by atoms with Crippen molar-refractivity contribution in [1.82, 2.24) is 16.0 Å². The van der Waals surface area contributed by atoms with Crippen LogP contribution in [-0.4, -0.2) is 635 Å². The number of hydrogen-bond donors (Lipinski definition) is 39. The van der Waals surface area contributed by atoms with Gasteiger partial charge in [0.05, 0.1) is 84.9 Å². The van der Waals surface area contributed by atoms with Crippen LogP contribution in [0, 0.1) is 0 Å². The van der Waals surface area contributed by atoms with Crippen molar-refractivity contribution in [3.63, 3.8) is 0 Å². The second-order valence-electron chi connectivity index (χ2n) is 35.9. The van der Waals surface area contributed by atoms with E-state index in [2.05, 4.69) is 16.0 Å². The molecule has 11 saturated heterocycles. The third-order valence-corrected chi connectivity index (χ3v) is 26.1. The van der Waals surface area contributed by atoms with E-state index in [1.807, 2.05) is 0 Å². The number of nitrogens with one attached hydrogen (secondary N) is 3. The highest BCUT2D eigenvalue weighted by molar-refractivity contribution is 5.77. The topological polar surface area (TPSA) is 1040 Å². The summed E-state index contributed by atoms with van der Waals surface area (Å²) in [4.78, 5) is 65.1. The number of amides is 3. The standard InChI is InChI=1S/C78H129N3O62/c1-17(93)79-33-41(106)37(102)26(10-86)123-66(33)139-64-46(111)45(110)53(21(97)6-82)130-74(64)138-63-52(117)73(135-60-25(5-77(122,75(118)119)142-56(60)24(100)9-85)141-78(76(120)121)4-20(96)36(101)54(143-78)22(98)7-83)131-55(23(99)8-84)65(63)140-70-49(114)47(112)59(32(16-92)129-70)134-72-51(116)62(40(105)29(13-89)126-72)137-68-35(81-19(3)95)43(108)58(31(15-91)128-68)133-71-50(115)61(39(104)28(12-88)125-71)136-67-34(80-18(2)94)42(107)57(30(14-90)127-67)132-69-48(113)44(109)38(103)27(11-87)124-69/h20-74,82-92,96-117,122H,4-16H2,1-3H3,(H,79,93)(H,80,94)(H,81,95)(H,118,119)(H,120,121)/t20-,21+,22-,23+,24-,25-,26-,27-,28-,29-,30-,31-,32-,33-,34-,35-,36-,37-,38+,39+,40+,41-,42-,43-,44+,45+,46+,47-,48-,49-,50-,51-,52+,53-,54-,55-,56-,57-,58-,59-,60-,61+,62+,63-,64+,65-,66-,67+,68+,69+,70+,71+,72+,73-,74-,77-,78-/m1/s1. The van der Waals surface area contributed by atoms with Gasteiger partial charge in [0, 0.05) is 33.6 Å². The molecule has 0 unspecified atom stereocenters. The van der Waals surface area contributed by atoms with E-state index in [1.165, 1.54) is 0 Å². The maximum absolute atomic E-state index is 13.5. The van der Waals surface area contributed by atoms with Crippen molar-refractivity contribution >= 4 is 29.7 Å². The Morgan fingerprint density at radius 3 is 1.02 bits per heavy atom. The van der Waals surface area contributed by atoms with Crippen LogP contribution >= 0.6 is 0 Å². The quantitative estimate of drug-likeness (QED) is 0.0271. The highest BCUT2D eigenvalue weighted by Crippen LogP contribution is 2.46. The van der Waals surface area contributed by atoms with Crippen LogP contribution in [0.5, 0.6) is 0 Å². The van der Waals surface area contributed by atoms with Gasteiger partial charge in [0.1, 0.15) is 268 Å². The van der Waals surface area contributed by atoms with Gasteiger partial charge in [0.15, 0.2) is 56.6 Å². The van der Waals surface area contributed by atoms with Gasteiger partial charge in [0.2, 0.25) is 17.7 Å². The molecule has 0 aromatic heterocycles. The summed E-state index contributed by atoms with van der Waals surface area (Å²) in [6.45, 7) is -11.6. The van der Waals surface area contributed by atoms with Crippen molar-refractivity contribution in [2.45, 2.75) is 382 Å². The number of rotatable bonds is 40. The van der Waals surface area contributed by atoms with Crippen molar-refractivity contribution in [2.75, 3.05) is 72.7 Å². The third-order valence-electron chi connectivity index (χ3n) is 26.1. The van der Waals surface area contributed by atoms with Crippen LogP contribution < -0.4 is 16.0 Å². The fourth-order valence-corrected chi connectivity index (χ4v) is 18.5. The summed E-state index contributed by atoms with van der Waals surface area (Å²) in [6, 6.07) is -5.95. The van der Waals surface area contributed by atoms with E-state index >= 15 is 0 Å². The van der Waals surface area contributed by atoms with Crippen LogP contribution in [0.1, 0.15) is 33.6 Å². The molecule has 0 radical (unpaired) electrons. The third kappa shape index (κ3) is 25.4. The first-order valence-electron chi connectivity index (χ1n) is 45.0. The van der Waals surface area contributed by atoms with Gasteiger partial charge in [-0.15, -0.1) is 0 Å². The number of carboxylic acids is 2. The Morgan fingerprint density at radius 2 is 0.594 bits per heavy atom. The Labute approximate surface area is 805 Å². The lowest BCUT2D eigenvalue weighted by molar-refractivity contribution is -0.420. The SMILES string of the molecule is CC(=O)N[C@H]1[C@H](O[C@H]2[C@@H](O)[C@@H](CO)O[C@@H](O[C@H]3[C@H](O)[C@@H](NC(C)=O)[C@H](O[C@H]4[C@@H](O)[C@@H](CO)O[C@@H](O[C@H]5[C@H](O)[C@@H](O)[C@H](O[C@H]6[C@H](O[C@H]7O[C@H]([C@@H](O)CO)[C@@H](O)[C@H](O)[C@@H]7O[C@H]7O[C@H](CO)[C@@H](O)[C@H](O)[C@H]7NC(C)=O)[C@H](O)[C@@H](O[C@H]7[C@@H]([C@H](O)CO)O[C@@](O)(C(=O)O)C[C@H]7O[C@]7(C(=O)O)C[C@@H](O)[C@@H](O)[C@@H]([C@H](O)CO)O7)O[C@@H]6[C@@H](O)CO)O[C@@H]5CO)[C@@H]4O)O[C@@H]3CO)[C@@H]2O)O[C@H](CO)[C@@H](O[C@@H]2O[C@H](CO)[C@H](O)[C@H](O)[C@H]2O)[C@@H]1O. The van der Waals surface area contributed by atoms with Gasteiger partial charge in [0.25, 0.3) is 11.6 Å². The second-order valence-corrected chi connectivity index (χ2v) is 35.9. The molecular formula is C78H129N3O62. The van der Waals surface area contributed by atoms with Crippen LogP contribution in [0.2, 0.25) is 0 Å². The van der Waals surface area contributed by atoms with Gasteiger partial charge in [-0.2, -0.15) is 0 Å². The van der Waals surface area contributed by atoms with Crippen molar-refractivity contribution in [1.29, 1.82) is 0 Å². The molecule has 828 valence electrons. The molecule has 3 amide bonds. The van der Waals surface area contributed by atoms with Crippen LogP contribution in [0.4, 0.5) is 0 Å². The Balaban J connectivity index is 0.885. The molecule has 0 aromatic carbocycles. The summed E-state index contributed by atoms with van der Waals surface area (Å²) in [5.41, 5.74) is 0. The van der Waals surface area contributed by atoms with Gasteiger partial charge >= 0.3 is 11.9 Å². The Hall–Kier alpha value is -4.85. The van der Waals surface area contributed by atoms with E-state index in [0.717, 1.165) is 20.8 Å². The number of aliphatic carboxylic acids is 2. The van der Waals surface area contributed by atoms with E-state index in [4.69, 9.17) is 99.5 Å². The van der Waals surface area contributed by atoms with Crippen LogP contribution in [0.25, 0.3) is 0 Å². The van der Waals surface area contributed by atoms with E-state index in [1.54, 1.807) is 0 Å². The van der Waals surface area contributed by atoms with Crippen molar-refractivity contribution < 1.29 is 307 Å². The van der Waals surface area contributed by atoms with E-state index < -0.39 is 464 Å². The molecule has 11 fully saturated rings. The summed E-state index contributed by atoms with van der Waals surface area (Å²) >= 11 is 0. The molecule has 65 nitrogen and oxygen atoms in total. The largest absolute Gasteiger partial charge is 0.477 e. The molecule has 11 aliphatic heterocycles. The summed E-state index contributed by atoms with van der Waals surface area (Å²) in [5, 5.41) is 410. The first-order chi connectivity index (χ1) is 67.4. The summed E-state index contributed by atoms with van der Waals surface area (Å²) in [5.74, 6) is -15.0.